The van der Waals surface area contributed by atoms with Gasteiger partial charge in [-0.05, 0) is 12.8 Å². The first kappa shape index (κ1) is 21.4. The van der Waals surface area contributed by atoms with Crippen molar-refractivity contribution in [2.45, 2.75) is 103 Å². The second kappa shape index (κ2) is 12.7. The number of rotatable bonds is 14. The summed E-state index contributed by atoms with van der Waals surface area (Å²) < 4.78 is 0. The van der Waals surface area contributed by atoms with Gasteiger partial charge in [-0.2, -0.15) is 0 Å². The summed E-state index contributed by atoms with van der Waals surface area (Å²) in [5.41, 5.74) is 11.7. The topological polar surface area (TPSA) is 72.3 Å². The third-order valence-electron chi connectivity index (χ3n) is 5.56. The van der Waals surface area contributed by atoms with E-state index in [0.717, 1.165) is 13.1 Å². The molecule has 2 atom stereocenters. The Hall–Kier alpha value is -0.610. The smallest absolute Gasteiger partial charge is 0.223 e. The number of amides is 1. The van der Waals surface area contributed by atoms with Gasteiger partial charge in [0, 0.05) is 25.2 Å². The van der Waals surface area contributed by atoms with Crippen LogP contribution in [0.15, 0.2) is 0 Å². The van der Waals surface area contributed by atoms with Gasteiger partial charge in [-0.15, -0.1) is 0 Å². The largest absolute Gasteiger partial charge is 0.369 e. The molecule has 0 saturated carbocycles. The number of unbranched alkanes of at least 4 members (excludes halogenated alkanes) is 8. The molecule has 1 heterocycles. The Bertz CT molecular complexity index is 321. The van der Waals surface area contributed by atoms with Crippen molar-refractivity contribution in [2.24, 2.45) is 17.4 Å². The molecule has 4 heteroatoms. The Balaban J connectivity index is 2.42. The molecular formula is C20H41N3O. The molecule has 4 N–H and O–H groups in total. The van der Waals surface area contributed by atoms with Crippen molar-refractivity contribution in [1.82, 2.24) is 4.90 Å². The number of hydrogen-bond donors (Lipinski definition) is 2. The quantitative estimate of drug-likeness (QED) is 0.473. The number of nitrogens with zero attached hydrogens (tertiary/aromatic N) is 1. The minimum Gasteiger partial charge on any atom is -0.369 e. The maximum absolute atomic E-state index is 11.6. The lowest BCUT2D eigenvalue weighted by Crippen LogP contribution is -2.37. The fourth-order valence-corrected chi connectivity index (χ4v) is 3.94. The standard InChI is InChI=1S/C20H41N3O/c1-3-5-7-9-11-13-17(14-12-10-8-6-4-2)23-15-18(20(22)24)19(21)16-23/h17-19H,3-16,21H2,1-2H3,(H2,22,24)/t18-,19-/m1/s1. The van der Waals surface area contributed by atoms with E-state index < -0.39 is 0 Å². The average Bonchev–Trinajstić information content (AvgIpc) is 2.94. The molecule has 1 rings (SSSR count). The van der Waals surface area contributed by atoms with Crippen LogP contribution in [-0.4, -0.2) is 36.0 Å². The molecule has 1 fully saturated rings. The van der Waals surface area contributed by atoms with E-state index in [4.69, 9.17) is 11.5 Å². The van der Waals surface area contributed by atoms with Crippen LogP contribution in [-0.2, 0) is 4.79 Å². The van der Waals surface area contributed by atoms with E-state index >= 15 is 0 Å². The van der Waals surface area contributed by atoms with Crippen molar-refractivity contribution >= 4 is 5.91 Å². The Morgan fingerprint density at radius 3 is 1.83 bits per heavy atom. The number of likely N-dealkylation sites (tertiary alicyclic amines) is 1. The summed E-state index contributed by atoms with van der Waals surface area (Å²) in [5, 5.41) is 0. The van der Waals surface area contributed by atoms with Gasteiger partial charge >= 0.3 is 0 Å². The maximum Gasteiger partial charge on any atom is 0.223 e. The normalized spacial score (nSPS) is 21.7. The molecule has 1 aliphatic heterocycles. The van der Waals surface area contributed by atoms with E-state index in [2.05, 4.69) is 18.7 Å². The van der Waals surface area contributed by atoms with Crippen molar-refractivity contribution in [3.8, 4) is 0 Å². The number of hydrogen-bond acceptors (Lipinski definition) is 3. The van der Waals surface area contributed by atoms with E-state index in [9.17, 15) is 4.79 Å². The molecule has 0 spiro atoms. The number of carbonyl (C=O) groups excluding carboxylic acids is 1. The van der Waals surface area contributed by atoms with Crippen LogP contribution in [0.1, 0.15) is 90.9 Å². The fraction of sp³-hybridized carbons (Fsp3) is 0.950. The third kappa shape index (κ3) is 7.98. The second-order valence-electron chi connectivity index (χ2n) is 7.69. The van der Waals surface area contributed by atoms with Crippen LogP contribution in [0.2, 0.25) is 0 Å². The van der Waals surface area contributed by atoms with Crippen LogP contribution in [0.4, 0.5) is 0 Å². The molecular weight excluding hydrogens is 298 g/mol. The first-order chi connectivity index (χ1) is 11.6. The van der Waals surface area contributed by atoms with Crippen molar-refractivity contribution in [3.63, 3.8) is 0 Å². The van der Waals surface area contributed by atoms with E-state index in [1.165, 1.54) is 77.0 Å². The summed E-state index contributed by atoms with van der Waals surface area (Å²) in [7, 11) is 0. The summed E-state index contributed by atoms with van der Waals surface area (Å²) in [6.45, 7) is 6.12. The van der Waals surface area contributed by atoms with Gasteiger partial charge in [0.25, 0.3) is 0 Å². The monoisotopic (exact) mass is 339 g/mol. The minimum atomic E-state index is -0.227. The number of carbonyl (C=O) groups is 1. The van der Waals surface area contributed by atoms with Crippen molar-refractivity contribution in [1.29, 1.82) is 0 Å². The molecule has 0 bridgehead atoms. The molecule has 24 heavy (non-hydrogen) atoms. The summed E-state index contributed by atoms with van der Waals surface area (Å²) in [4.78, 5) is 14.0. The highest BCUT2D eigenvalue weighted by Crippen LogP contribution is 2.24. The zero-order chi connectivity index (χ0) is 17.8. The summed E-state index contributed by atoms with van der Waals surface area (Å²) in [5.74, 6) is -0.387. The SMILES string of the molecule is CCCCCCCC(CCCCCCC)N1C[C@@H](N)[C@H](C(N)=O)C1. The molecule has 1 amide bonds. The molecule has 142 valence electrons. The Morgan fingerprint density at radius 1 is 0.917 bits per heavy atom. The van der Waals surface area contributed by atoms with Crippen LogP contribution >= 0.6 is 0 Å². The Morgan fingerprint density at radius 2 is 1.42 bits per heavy atom. The molecule has 0 aliphatic carbocycles. The first-order valence-electron chi connectivity index (χ1n) is 10.4. The minimum absolute atomic E-state index is 0.0785. The highest BCUT2D eigenvalue weighted by atomic mass is 16.1. The van der Waals surface area contributed by atoms with Crippen LogP contribution < -0.4 is 11.5 Å². The van der Waals surface area contributed by atoms with E-state index in [-0.39, 0.29) is 17.9 Å². The molecule has 0 aromatic carbocycles. The zero-order valence-electron chi connectivity index (χ0n) is 16.1. The third-order valence-corrected chi connectivity index (χ3v) is 5.56. The van der Waals surface area contributed by atoms with Crippen LogP contribution in [0, 0.1) is 5.92 Å². The van der Waals surface area contributed by atoms with Gasteiger partial charge in [0.15, 0.2) is 0 Å². The van der Waals surface area contributed by atoms with E-state index in [1.54, 1.807) is 0 Å². The molecule has 0 aromatic rings. The predicted molar refractivity (Wildman–Crippen MR) is 103 cm³/mol. The van der Waals surface area contributed by atoms with Crippen molar-refractivity contribution in [3.05, 3.63) is 0 Å². The van der Waals surface area contributed by atoms with Gasteiger partial charge < -0.3 is 11.5 Å². The fourth-order valence-electron chi connectivity index (χ4n) is 3.94. The molecule has 0 radical (unpaired) electrons. The van der Waals surface area contributed by atoms with Crippen LogP contribution in [0.25, 0.3) is 0 Å². The van der Waals surface area contributed by atoms with E-state index in [0.29, 0.717) is 6.04 Å². The van der Waals surface area contributed by atoms with Crippen LogP contribution in [0.5, 0.6) is 0 Å². The lowest BCUT2D eigenvalue weighted by Gasteiger charge is -2.28. The first-order valence-corrected chi connectivity index (χ1v) is 10.4. The number of primary amides is 1. The summed E-state index contributed by atoms with van der Waals surface area (Å²) in [6, 6.07) is 0.508. The number of nitrogens with two attached hydrogens (primary N) is 2. The van der Waals surface area contributed by atoms with Gasteiger partial charge in [0.2, 0.25) is 5.91 Å². The molecule has 0 aromatic heterocycles. The molecule has 0 unspecified atom stereocenters. The molecule has 1 saturated heterocycles. The van der Waals surface area contributed by atoms with Gasteiger partial charge in [-0.3, -0.25) is 9.69 Å². The Labute approximate surface area is 149 Å². The van der Waals surface area contributed by atoms with Crippen LogP contribution in [0.3, 0.4) is 0 Å². The van der Waals surface area contributed by atoms with Crippen molar-refractivity contribution < 1.29 is 4.79 Å². The van der Waals surface area contributed by atoms with Gasteiger partial charge in [0.05, 0.1) is 5.92 Å². The Kier molecular flexibility index (Phi) is 11.4. The molecule has 4 nitrogen and oxygen atoms in total. The lowest BCUT2D eigenvalue weighted by molar-refractivity contribution is -0.121. The van der Waals surface area contributed by atoms with Gasteiger partial charge in [0.1, 0.15) is 0 Å². The predicted octanol–water partition coefficient (Wildman–Crippen LogP) is 3.82. The highest BCUT2D eigenvalue weighted by molar-refractivity contribution is 5.78. The van der Waals surface area contributed by atoms with Gasteiger partial charge in [-0.1, -0.05) is 78.1 Å². The summed E-state index contributed by atoms with van der Waals surface area (Å²) in [6.07, 6.45) is 15.7. The van der Waals surface area contributed by atoms with E-state index in [1.807, 2.05) is 0 Å². The molecule has 1 aliphatic rings. The average molecular weight is 340 g/mol. The van der Waals surface area contributed by atoms with Gasteiger partial charge in [-0.25, -0.2) is 0 Å². The van der Waals surface area contributed by atoms with Crippen molar-refractivity contribution in [2.75, 3.05) is 13.1 Å². The maximum atomic E-state index is 11.6. The highest BCUT2D eigenvalue weighted by Gasteiger charge is 2.36. The second-order valence-corrected chi connectivity index (χ2v) is 7.69. The lowest BCUT2D eigenvalue weighted by atomic mass is 9.99. The summed E-state index contributed by atoms with van der Waals surface area (Å²) >= 11 is 0. The zero-order valence-corrected chi connectivity index (χ0v) is 16.1.